The van der Waals surface area contributed by atoms with E-state index in [1.807, 2.05) is 56.1 Å². The molecule has 6 aromatic rings. The van der Waals surface area contributed by atoms with Crippen LogP contribution in [0.15, 0.2) is 55.0 Å². The molecular weight excluding hydrogens is 949 g/mol. The van der Waals surface area contributed by atoms with Gasteiger partial charge in [0.25, 0.3) is 0 Å². The van der Waals surface area contributed by atoms with E-state index in [4.69, 9.17) is 33.9 Å². The lowest BCUT2D eigenvalue weighted by atomic mass is 9.85. The van der Waals surface area contributed by atoms with E-state index in [2.05, 4.69) is 68.5 Å². The predicted octanol–water partition coefficient (Wildman–Crippen LogP) is 9.31. The summed E-state index contributed by atoms with van der Waals surface area (Å²) in [5.74, 6) is 2.12. The molecule has 73 heavy (non-hydrogen) atoms. The quantitative estimate of drug-likeness (QED) is 0.0907. The Morgan fingerprint density at radius 2 is 1.42 bits per heavy atom. The third-order valence-corrected chi connectivity index (χ3v) is 16.6. The minimum Gasteiger partial charge on any atom is -0.464 e. The van der Waals surface area contributed by atoms with Crippen LogP contribution in [0.1, 0.15) is 130 Å². The highest BCUT2D eigenvalue weighted by molar-refractivity contribution is 7.11. The molecule has 4 N–H and O–H groups in total. The van der Waals surface area contributed by atoms with Gasteiger partial charge in [-0.05, 0) is 120 Å². The largest absolute Gasteiger partial charge is 0.464 e. The molecular formula is C54H64N10O8S. The Kier molecular flexibility index (Phi) is 13.0. The van der Waals surface area contributed by atoms with Crippen LogP contribution in [0.2, 0.25) is 0 Å². The molecule has 4 aromatic heterocycles. The van der Waals surface area contributed by atoms with E-state index in [1.165, 1.54) is 14.2 Å². The van der Waals surface area contributed by atoms with Crippen LogP contribution in [0.4, 0.5) is 9.59 Å². The first-order chi connectivity index (χ1) is 35.3. The molecule has 7 atom stereocenters. The summed E-state index contributed by atoms with van der Waals surface area (Å²) in [5, 5.41) is 7.79. The number of nitrogens with zero attached hydrogens (tertiary/aromatic N) is 6. The molecule has 18 nitrogen and oxygen atoms in total. The van der Waals surface area contributed by atoms with Crippen LogP contribution in [0.3, 0.4) is 0 Å². The van der Waals surface area contributed by atoms with Crippen molar-refractivity contribution in [1.82, 2.24) is 49.9 Å². The number of rotatable bonds is 12. The predicted molar refractivity (Wildman–Crippen MR) is 274 cm³/mol. The van der Waals surface area contributed by atoms with Gasteiger partial charge in [0, 0.05) is 47.3 Å². The van der Waals surface area contributed by atoms with Gasteiger partial charge >= 0.3 is 12.2 Å². The lowest BCUT2D eigenvalue weighted by molar-refractivity contribution is -0.138. The number of H-pyrrole nitrogens is 2. The summed E-state index contributed by atoms with van der Waals surface area (Å²) < 4.78 is 25.2. The number of carbonyl (C=O) groups excluding carboxylic acids is 4. The Morgan fingerprint density at radius 1 is 0.781 bits per heavy atom. The van der Waals surface area contributed by atoms with Crippen molar-refractivity contribution in [2.24, 2.45) is 11.8 Å². The van der Waals surface area contributed by atoms with Gasteiger partial charge in [0.05, 0.1) is 83.4 Å². The fourth-order valence-corrected chi connectivity index (χ4v) is 12.9. The molecule has 19 heteroatoms. The third-order valence-electron chi connectivity index (χ3n) is 15.4. The number of ether oxygens (including phenoxy) is 4. The van der Waals surface area contributed by atoms with Crippen molar-refractivity contribution in [3.63, 3.8) is 0 Å². The zero-order valence-electron chi connectivity index (χ0n) is 42.4. The number of aromatic amines is 2. The fraction of sp³-hybridized carbons (Fsp3) is 0.500. The van der Waals surface area contributed by atoms with Gasteiger partial charge in [0.15, 0.2) is 0 Å². The summed E-state index contributed by atoms with van der Waals surface area (Å²) in [6.07, 6.45) is 10.6. The molecule has 3 saturated heterocycles. The van der Waals surface area contributed by atoms with Gasteiger partial charge in [-0.2, -0.15) is 0 Å². The van der Waals surface area contributed by atoms with Crippen LogP contribution in [0, 0.1) is 18.8 Å². The first-order valence-corrected chi connectivity index (χ1v) is 26.6. The molecule has 8 heterocycles. The molecule has 4 aliphatic heterocycles. The summed E-state index contributed by atoms with van der Waals surface area (Å²) in [4.78, 5) is 79.6. The second kappa shape index (κ2) is 19.6. The second-order valence-corrected chi connectivity index (χ2v) is 22.0. The van der Waals surface area contributed by atoms with Gasteiger partial charge in [0.2, 0.25) is 18.0 Å². The second-order valence-electron chi connectivity index (χ2n) is 20.9. The fourth-order valence-electron chi connectivity index (χ4n) is 11.8. The Hall–Kier alpha value is -6.73. The van der Waals surface area contributed by atoms with E-state index in [-0.39, 0.29) is 47.9 Å². The van der Waals surface area contributed by atoms with E-state index >= 15 is 0 Å². The van der Waals surface area contributed by atoms with Gasteiger partial charge in [-0.1, -0.05) is 19.9 Å². The zero-order chi connectivity index (χ0) is 50.8. The first-order valence-electron chi connectivity index (χ1n) is 25.7. The number of hydrogen-bond donors (Lipinski definition) is 4. The molecule has 2 aromatic carbocycles. The first kappa shape index (κ1) is 48.5. The molecule has 0 bridgehead atoms. The Morgan fingerprint density at radius 3 is 2.07 bits per heavy atom. The molecule has 0 spiro atoms. The minimum atomic E-state index is -0.745. The van der Waals surface area contributed by atoms with E-state index in [0.29, 0.717) is 43.5 Å². The number of likely N-dealkylation sites (tertiary alicyclic amines) is 2. The van der Waals surface area contributed by atoms with E-state index in [1.54, 1.807) is 11.3 Å². The number of carbonyl (C=O) groups is 4. The van der Waals surface area contributed by atoms with Gasteiger partial charge in [0.1, 0.15) is 29.5 Å². The molecule has 1 saturated carbocycles. The topological polar surface area (TPSA) is 211 Å². The summed E-state index contributed by atoms with van der Waals surface area (Å²) in [6, 6.07) is 10.9. The SMILES string of the molecule is COC(=O)NC(C(=O)N1CCC[C@H]1c1ncc(-c2ccc3c(c2)cc2n3C(c3cnc(C4CC4)s3)Oc3cc(-c4cnc([C@@H]5CCCN5C(=O)[C@@H](NC(=O)OC)C(C)C)[nH]4)cc(C)c3-2)[nH]1)C1C[C@@H](C)O[C@H](C)C1. The van der Waals surface area contributed by atoms with Crippen molar-refractivity contribution >= 4 is 46.2 Å². The van der Waals surface area contributed by atoms with Crippen molar-refractivity contribution in [2.75, 3.05) is 27.3 Å². The molecule has 2 unspecified atom stereocenters. The van der Waals surface area contributed by atoms with E-state index in [9.17, 15) is 19.2 Å². The number of hydrogen-bond acceptors (Lipinski definition) is 12. The number of thiazole rings is 1. The molecule has 0 radical (unpaired) electrons. The summed E-state index contributed by atoms with van der Waals surface area (Å²) in [7, 11) is 2.61. The monoisotopic (exact) mass is 1010 g/mol. The molecule has 5 aliphatic rings. The maximum absolute atomic E-state index is 14.5. The van der Waals surface area contributed by atoms with Crippen LogP contribution in [-0.2, 0) is 23.8 Å². The average Bonchev–Trinajstić information content (AvgIpc) is 4.10. The van der Waals surface area contributed by atoms with E-state index in [0.717, 1.165) is 104 Å². The van der Waals surface area contributed by atoms with Gasteiger partial charge in [-0.15, -0.1) is 11.3 Å². The van der Waals surface area contributed by atoms with Crippen LogP contribution in [0.25, 0.3) is 44.7 Å². The Bertz CT molecular complexity index is 3070. The number of amides is 4. The van der Waals surface area contributed by atoms with Crippen molar-refractivity contribution in [3.8, 4) is 39.5 Å². The van der Waals surface area contributed by atoms with Crippen molar-refractivity contribution in [3.05, 3.63) is 82.1 Å². The van der Waals surface area contributed by atoms with Gasteiger partial charge in [-0.25, -0.2) is 24.5 Å². The molecule has 4 fully saturated rings. The normalized spacial score (nSPS) is 23.5. The maximum Gasteiger partial charge on any atom is 0.407 e. The van der Waals surface area contributed by atoms with Crippen LogP contribution in [-0.4, -0.2) is 115 Å². The highest BCUT2D eigenvalue weighted by Gasteiger charge is 2.43. The Balaban J connectivity index is 0.893. The lowest BCUT2D eigenvalue weighted by Crippen LogP contribution is -2.54. The average molecular weight is 1010 g/mol. The molecule has 4 amide bonds. The van der Waals surface area contributed by atoms with E-state index < -0.39 is 30.5 Å². The molecule has 1 aliphatic carbocycles. The minimum absolute atomic E-state index is 0.0335. The number of alkyl carbamates (subject to hydrolysis) is 2. The number of aryl methyl sites for hydroxylation is 1. The van der Waals surface area contributed by atoms with Crippen molar-refractivity contribution in [1.29, 1.82) is 0 Å². The summed E-state index contributed by atoms with van der Waals surface area (Å²) >= 11 is 1.71. The van der Waals surface area contributed by atoms with Crippen LogP contribution >= 0.6 is 11.3 Å². The standard InChI is InChI=1S/C54H64N10O8S/c1-27(2)45(60-53(67)69-6)50(65)62-16-8-10-39(62)48-56-25-37(59-48)33-18-28(3)44-41-22-34-21-32(14-15-38(34)64(41)52(72-42(44)23-33)43-26-57-49(73-43)31-12-13-31)36-24-55-47(58-36)40-11-9-17-63(40)51(66)46(61-54(68)70-7)35-19-29(4)71-30(5)20-35/h14-15,18,21-27,29-31,35,39-40,45-46,52H,8-13,16-17,19-20H2,1-7H3,(H,55,58)(H,56,59)(H,60,67)(H,61,68)/t29-,30-,39+,40+,45+,46?,52?/m1/s1. The third kappa shape index (κ3) is 9.23. The highest BCUT2D eigenvalue weighted by Crippen LogP contribution is 2.50. The van der Waals surface area contributed by atoms with Crippen LogP contribution < -0.4 is 15.4 Å². The number of imidazole rings is 2. The Labute approximate surface area is 427 Å². The smallest absolute Gasteiger partial charge is 0.407 e. The molecule has 11 rings (SSSR count). The summed E-state index contributed by atoms with van der Waals surface area (Å²) in [5.41, 5.74) is 7.58. The number of aromatic nitrogens is 6. The molecule has 384 valence electrons. The number of nitrogens with one attached hydrogen (secondary N) is 4. The number of benzene rings is 2. The van der Waals surface area contributed by atoms with Gasteiger partial charge in [-0.3, -0.25) is 14.2 Å². The maximum atomic E-state index is 14.5. The van der Waals surface area contributed by atoms with Crippen LogP contribution in [0.5, 0.6) is 5.75 Å². The zero-order valence-corrected chi connectivity index (χ0v) is 43.2. The highest BCUT2D eigenvalue weighted by atomic mass is 32.1. The van der Waals surface area contributed by atoms with Crippen molar-refractivity contribution < 1.29 is 38.1 Å². The van der Waals surface area contributed by atoms with Gasteiger partial charge < -0.3 is 49.3 Å². The number of methoxy groups -OCH3 is 2. The number of fused-ring (bicyclic) bond motifs is 5. The lowest BCUT2D eigenvalue weighted by Gasteiger charge is -2.38. The van der Waals surface area contributed by atoms with Crippen molar-refractivity contribution in [2.45, 2.75) is 135 Å². The summed E-state index contributed by atoms with van der Waals surface area (Å²) in [6.45, 7) is 11.1.